The summed E-state index contributed by atoms with van der Waals surface area (Å²) in [5.41, 5.74) is 1.63. The van der Waals surface area contributed by atoms with E-state index in [1.165, 1.54) is 6.39 Å². The molecule has 0 saturated carbocycles. The lowest BCUT2D eigenvalue weighted by atomic mass is 9.84. The number of likely N-dealkylation sites (tertiary alicyclic amines) is 1. The van der Waals surface area contributed by atoms with Crippen molar-refractivity contribution in [3.05, 3.63) is 47.7 Å². The molecule has 1 aromatic carbocycles. The van der Waals surface area contributed by atoms with Crippen molar-refractivity contribution in [1.82, 2.24) is 9.88 Å². The lowest BCUT2D eigenvalue weighted by molar-refractivity contribution is -0.130. The minimum Gasteiger partial charge on any atom is -0.447 e. The quantitative estimate of drug-likeness (QED) is 0.808. The largest absolute Gasteiger partial charge is 0.447 e. The van der Waals surface area contributed by atoms with Crippen molar-refractivity contribution in [1.29, 1.82) is 0 Å². The van der Waals surface area contributed by atoms with Crippen molar-refractivity contribution >= 4 is 17.5 Å². The summed E-state index contributed by atoms with van der Waals surface area (Å²) in [6, 6.07) is 8.02. The van der Waals surface area contributed by atoms with Gasteiger partial charge in [-0.15, -0.1) is 0 Å². The lowest BCUT2D eigenvalue weighted by Gasteiger charge is -2.44. The minimum atomic E-state index is -0.770. The van der Waals surface area contributed by atoms with Crippen molar-refractivity contribution in [3.8, 4) is 0 Å². The van der Waals surface area contributed by atoms with Crippen molar-refractivity contribution < 1.29 is 14.0 Å². The molecule has 2 amide bonds. The van der Waals surface area contributed by atoms with Crippen LogP contribution < -0.4 is 4.90 Å². The third-order valence-corrected chi connectivity index (χ3v) is 6.02. The molecule has 3 heterocycles. The summed E-state index contributed by atoms with van der Waals surface area (Å²) in [6.07, 6.45) is 4.43. The molecular formula is C22H27N3O3. The molecular weight excluding hydrogens is 354 g/mol. The van der Waals surface area contributed by atoms with Gasteiger partial charge in [0.2, 0.25) is 0 Å². The van der Waals surface area contributed by atoms with Gasteiger partial charge in [-0.3, -0.25) is 9.59 Å². The van der Waals surface area contributed by atoms with Gasteiger partial charge in [-0.25, -0.2) is 4.98 Å². The number of rotatable bonds is 3. The SMILES string of the molecule is Cc1ccc(N2CCCC3(CCCN3C(=O)c3ncoc3C(C)C)C2=O)cc1. The summed E-state index contributed by atoms with van der Waals surface area (Å²) in [4.78, 5) is 34.8. The molecule has 1 spiro atoms. The highest BCUT2D eigenvalue weighted by atomic mass is 16.3. The van der Waals surface area contributed by atoms with E-state index in [1.54, 1.807) is 4.90 Å². The first-order valence-electron chi connectivity index (χ1n) is 10.1. The zero-order chi connectivity index (χ0) is 19.9. The number of anilines is 1. The Morgan fingerprint density at radius 3 is 2.50 bits per heavy atom. The number of hydrogen-bond donors (Lipinski definition) is 0. The Morgan fingerprint density at radius 1 is 1.14 bits per heavy atom. The molecule has 0 N–H and O–H groups in total. The molecule has 0 radical (unpaired) electrons. The van der Waals surface area contributed by atoms with Crippen LogP contribution in [0, 0.1) is 6.92 Å². The number of hydrogen-bond acceptors (Lipinski definition) is 4. The second kappa shape index (κ2) is 7.08. The van der Waals surface area contributed by atoms with E-state index in [-0.39, 0.29) is 17.7 Å². The fraction of sp³-hybridized carbons (Fsp3) is 0.500. The molecule has 1 aromatic heterocycles. The van der Waals surface area contributed by atoms with Gasteiger partial charge in [-0.05, 0) is 44.7 Å². The normalized spacial score (nSPS) is 22.5. The number of carbonyl (C=O) groups excluding carboxylic acids is 2. The second-order valence-corrected chi connectivity index (χ2v) is 8.21. The smallest absolute Gasteiger partial charge is 0.277 e. The number of carbonyl (C=O) groups is 2. The van der Waals surface area contributed by atoms with Gasteiger partial charge >= 0.3 is 0 Å². The molecule has 2 aliphatic heterocycles. The molecule has 28 heavy (non-hydrogen) atoms. The molecule has 1 unspecified atom stereocenters. The van der Waals surface area contributed by atoms with Gasteiger partial charge < -0.3 is 14.2 Å². The van der Waals surface area contributed by atoms with Gasteiger partial charge in [-0.2, -0.15) is 0 Å². The average Bonchev–Trinajstić information content (AvgIpc) is 3.32. The molecule has 2 saturated heterocycles. The first-order chi connectivity index (χ1) is 13.4. The van der Waals surface area contributed by atoms with E-state index in [9.17, 15) is 9.59 Å². The van der Waals surface area contributed by atoms with Crippen LogP contribution in [-0.4, -0.2) is 40.3 Å². The van der Waals surface area contributed by atoms with Crippen molar-refractivity contribution in [3.63, 3.8) is 0 Å². The Bertz CT molecular complexity index is 887. The summed E-state index contributed by atoms with van der Waals surface area (Å²) >= 11 is 0. The number of aromatic nitrogens is 1. The van der Waals surface area contributed by atoms with Gasteiger partial charge in [-0.1, -0.05) is 31.5 Å². The topological polar surface area (TPSA) is 66.7 Å². The zero-order valence-electron chi connectivity index (χ0n) is 16.8. The molecule has 148 valence electrons. The summed E-state index contributed by atoms with van der Waals surface area (Å²) in [7, 11) is 0. The van der Waals surface area contributed by atoms with Crippen molar-refractivity contribution in [2.24, 2.45) is 0 Å². The summed E-state index contributed by atoms with van der Waals surface area (Å²) < 4.78 is 5.46. The highest BCUT2D eigenvalue weighted by Gasteiger charge is 2.53. The molecule has 2 aromatic rings. The Balaban J connectivity index is 1.67. The predicted molar refractivity (Wildman–Crippen MR) is 106 cm³/mol. The van der Waals surface area contributed by atoms with Gasteiger partial charge in [0.1, 0.15) is 11.3 Å². The van der Waals surface area contributed by atoms with Crippen LogP contribution in [-0.2, 0) is 4.79 Å². The summed E-state index contributed by atoms with van der Waals surface area (Å²) in [5.74, 6) is 0.494. The zero-order valence-corrected chi connectivity index (χ0v) is 16.8. The first kappa shape index (κ1) is 18.7. The van der Waals surface area contributed by atoms with E-state index in [1.807, 2.05) is 49.9 Å². The third kappa shape index (κ3) is 2.91. The van der Waals surface area contributed by atoms with E-state index in [0.29, 0.717) is 37.4 Å². The highest BCUT2D eigenvalue weighted by molar-refractivity contribution is 6.05. The van der Waals surface area contributed by atoms with Crippen LogP contribution in [0.5, 0.6) is 0 Å². The van der Waals surface area contributed by atoms with Crippen molar-refractivity contribution in [2.45, 2.75) is 57.9 Å². The van der Waals surface area contributed by atoms with E-state index in [2.05, 4.69) is 4.98 Å². The maximum atomic E-state index is 13.6. The van der Waals surface area contributed by atoms with Gasteiger partial charge in [0.25, 0.3) is 11.8 Å². The maximum Gasteiger partial charge on any atom is 0.277 e. The molecule has 1 atom stereocenters. The fourth-order valence-electron chi connectivity index (χ4n) is 4.57. The summed E-state index contributed by atoms with van der Waals surface area (Å²) in [5, 5.41) is 0. The Labute approximate surface area is 165 Å². The van der Waals surface area contributed by atoms with E-state index < -0.39 is 5.54 Å². The van der Waals surface area contributed by atoms with Crippen LogP contribution in [0.25, 0.3) is 0 Å². The monoisotopic (exact) mass is 381 g/mol. The van der Waals surface area contributed by atoms with Crippen LogP contribution in [0.4, 0.5) is 5.69 Å². The average molecular weight is 381 g/mol. The molecule has 6 heteroatoms. The first-order valence-corrected chi connectivity index (χ1v) is 10.1. The van der Waals surface area contributed by atoms with Crippen molar-refractivity contribution in [2.75, 3.05) is 18.0 Å². The summed E-state index contributed by atoms with van der Waals surface area (Å²) in [6.45, 7) is 7.25. The molecule has 2 fully saturated rings. The van der Waals surface area contributed by atoms with E-state index >= 15 is 0 Å². The third-order valence-electron chi connectivity index (χ3n) is 6.02. The second-order valence-electron chi connectivity index (χ2n) is 8.21. The van der Waals surface area contributed by atoms with Gasteiger partial charge in [0, 0.05) is 24.7 Å². The fourth-order valence-corrected chi connectivity index (χ4v) is 4.57. The van der Waals surface area contributed by atoms with Crippen LogP contribution in [0.2, 0.25) is 0 Å². The predicted octanol–water partition coefficient (Wildman–Crippen LogP) is 3.91. The van der Waals surface area contributed by atoms with Crippen LogP contribution >= 0.6 is 0 Å². The Hall–Kier alpha value is -2.63. The molecule has 0 bridgehead atoms. The van der Waals surface area contributed by atoms with Gasteiger partial charge in [0.15, 0.2) is 12.1 Å². The molecule has 4 rings (SSSR count). The van der Waals surface area contributed by atoms with Crippen LogP contribution in [0.3, 0.4) is 0 Å². The maximum absolute atomic E-state index is 13.6. The molecule has 0 aliphatic carbocycles. The standard InChI is InChI=1S/C22H27N3O3/c1-15(2)19-18(23-14-28-19)20(26)25-13-5-11-22(25)10-4-12-24(21(22)27)17-8-6-16(3)7-9-17/h6-9,14-15H,4-5,10-13H2,1-3H3. The Morgan fingerprint density at radius 2 is 1.82 bits per heavy atom. The number of nitrogens with zero attached hydrogens (tertiary/aromatic N) is 3. The number of piperidine rings is 1. The molecule has 6 nitrogen and oxygen atoms in total. The van der Waals surface area contributed by atoms with E-state index in [0.717, 1.165) is 24.1 Å². The number of benzene rings is 1. The highest BCUT2D eigenvalue weighted by Crippen LogP contribution is 2.41. The molecule has 2 aliphatic rings. The number of aryl methyl sites for hydroxylation is 1. The van der Waals surface area contributed by atoms with E-state index in [4.69, 9.17) is 4.42 Å². The van der Waals surface area contributed by atoms with Gasteiger partial charge in [0.05, 0.1) is 0 Å². The minimum absolute atomic E-state index is 0.0306. The van der Waals surface area contributed by atoms with Crippen LogP contribution in [0.15, 0.2) is 35.1 Å². The Kier molecular flexibility index (Phi) is 4.73. The lowest BCUT2D eigenvalue weighted by Crippen LogP contribution is -2.61. The van der Waals surface area contributed by atoms with Crippen LogP contribution in [0.1, 0.15) is 67.3 Å². The number of amides is 2. The number of oxazole rings is 1.